The predicted octanol–water partition coefficient (Wildman–Crippen LogP) is 4.36. The van der Waals surface area contributed by atoms with Crippen LogP contribution >= 0.6 is 11.6 Å². The fourth-order valence-electron chi connectivity index (χ4n) is 4.03. The van der Waals surface area contributed by atoms with Gasteiger partial charge in [0.25, 0.3) is 11.8 Å². The lowest BCUT2D eigenvalue weighted by atomic mass is 9.85. The number of primary amides is 1. The average Bonchev–Trinajstić information content (AvgIpc) is 3.40. The second-order valence-electron chi connectivity index (χ2n) is 7.63. The highest BCUT2D eigenvalue weighted by atomic mass is 35.5. The second-order valence-corrected chi connectivity index (χ2v) is 8.01. The van der Waals surface area contributed by atoms with E-state index in [1.165, 1.54) is 0 Å². The van der Waals surface area contributed by atoms with E-state index in [-0.39, 0.29) is 5.89 Å². The molecule has 0 aliphatic rings. The first-order valence-corrected chi connectivity index (χ1v) is 10.6. The number of para-hydroxylation sites is 1. The van der Waals surface area contributed by atoms with Gasteiger partial charge in [-0.05, 0) is 29.3 Å². The Morgan fingerprint density at radius 1 is 0.970 bits per heavy atom. The van der Waals surface area contributed by atoms with Gasteiger partial charge in [0.1, 0.15) is 5.69 Å². The number of aryl methyl sites for hydroxylation is 1. The lowest BCUT2D eigenvalue weighted by Crippen LogP contribution is -2.42. The number of hydrogen-bond donors (Lipinski definition) is 2. The van der Waals surface area contributed by atoms with Crippen molar-refractivity contribution in [1.82, 2.24) is 14.8 Å². The van der Waals surface area contributed by atoms with Gasteiger partial charge in [-0.25, -0.2) is 0 Å². The number of rotatable bonds is 5. The summed E-state index contributed by atoms with van der Waals surface area (Å²) in [6.45, 7) is 1.71. The first-order chi connectivity index (χ1) is 15.9. The van der Waals surface area contributed by atoms with Crippen LogP contribution in [0.25, 0.3) is 28.2 Å². The van der Waals surface area contributed by atoms with Crippen molar-refractivity contribution in [2.24, 2.45) is 5.73 Å². The molecule has 7 nitrogen and oxygen atoms in total. The second kappa shape index (κ2) is 7.88. The lowest BCUT2D eigenvalue weighted by Gasteiger charge is -2.26. The summed E-state index contributed by atoms with van der Waals surface area (Å²) in [7, 11) is 0. The summed E-state index contributed by atoms with van der Waals surface area (Å²) in [5.74, 6) is -0.156. The highest BCUT2D eigenvalue weighted by Gasteiger charge is 2.38. The Balaban J connectivity index is 1.69. The third-order valence-corrected chi connectivity index (χ3v) is 6.02. The minimum Gasteiger partial charge on any atom is -0.420 e. The van der Waals surface area contributed by atoms with Crippen molar-refractivity contribution in [3.05, 3.63) is 101 Å². The standard InChI is InChI=1S/C25H19ClN4O3/c1-15-28-29-23(33-15)22-21(26)19-9-5-6-10-20(19)30(22)18-13-11-17(12-14-18)25(32,24(27)31)16-7-3-2-4-8-16/h2-14,32H,1H3,(H2,27,31). The van der Waals surface area contributed by atoms with Crippen LogP contribution in [-0.2, 0) is 10.4 Å². The first-order valence-electron chi connectivity index (χ1n) is 10.2. The molecular formula is C25H19ClN4O3. The molecule has 2 heterocycles. The lowest BCUT2D eigenvalue weighted by molar-refractivity contribution is -0.133. The van der Waals surface area contributed by atoms with E-state index in [0.717, 1.165) is 16.6 Å². The molecule has 0 aliphatic carbocycles. The van der Waals surface area contributed by atoms with Crippen LogP contribution < -0.4 is 5.73 Å². The quantitative estimate of drug-likeness (QED) is 0.407. The number of carbonyl (C=O) groups excluding carboxylic acids is 1. The number of carbonyl (C=O) groups is 1. The van der Waals surface area contributed by atoms with Gasteiger partial charge in [-0.3, -0.25) is 4.79 Å². The van der Waals surface area contributed by atoms with Crippen LogP contribution in [0.3, 0.4) is 0 Å². The molecule has 8 heteroatoms. The van der Waals surface area contributed by atoms with Gasteiger partial charge >= 0.3 is 0 Å². The fourth-order valence-corrected chi connectivity index (χ4v) is 4.36. The molecule has 1 amide bonds. The van der Waals surface area contributed by atoms with Gasteiger partial charge in [0.2, 0.25) is 5.89 Å². The molecule has 1 unspecified atom stereocenters. The van der Waals surface area contributed by atoms with Crippen LogP contribution in [0.5, 0.6) is 0 Å². The molecule has 0 bridgehead atoms. The minimum atomic E-state index is -1.97. The summed E-state index contributed by atoms with van der Waals surface area (Å²) in [6.07, 6.45) is 0. The number of hydrogen-bond acceptors (Lipinski definition) is 5. The number of fused-ring (bicyclic) bond motifs is 1. The number of nitrogens with two attached hydrogens (primary N) is 1. The zero-order chi connectivity index (χ0) is 23.2. The Kier molecular flexibility index (Phi) is 5.00. The summed E-state index contributed by atoms with van der Waals surface area (Å²) in [5.41, 5.74) is 6.52. The van der Waals surface area contributed by atoms with Crippen LogP contribution in [0.15, 0.2) is 83.3 Å². The summed E-state index contributed by atoms with van der Waals surface area (Å²) in [6, 6.07) is 23.2. The van der Waals surface area contributed by atoms with Gasteiger partial charge in [-0.1, -0.05) is 72.3 Å². The van der Waals surface area contributed by atoms with Crippen molar-refractivity contribution < 1.29 is 14.3 Å². The molecule has 0 saturated heterocycles. The predicted molar refractivity (Wildman–Crippen MR) is 125 cm³/mol. The Morgan fingerprint density at radius 3 is 2.24 bits per heavy atom. The van der Waals surface area contributed by atoms with E-state index < -0.39 is 11.5 Å². The van der Waals surface area contributed by atoms with Crippen molar-refractivity contribution in [3.8, 4) is 17.3 Å². The van der Waals surface area contributed by atoms with E-state index in [1.54, 1.807) is 61.5 Å². The monoisotopic (exact) mass is 458 g/mol. The summed E-state index contributed by atoms with van der Waals surface area (Å²) < 4.78 is 7.58. The van der Waals surface area contributed by atoms with E-state index in [1.807, 2.05) is 28.8 Å². The number of aliphatic hydroxyl groups is 1. The van der Waals surface area contributed by atoms with Crippen LogP contribution in [-0.4, -0.2) is 25.8 Å². The van der Waals surface area contributed by atoms with Crippen LogP contribution in [0.2, 0.25) is 5.02 Å². The van der Waals surface area contributed by atoms with Gasteiger partial charge in [0.15, 0.2) is 5.60 Å². The molecular weight excluding hydrogens is 440 g/mol. The highest BCUT2D eigenvalue weighted by Crippen LogP contribution is 2.39. The van der Waals surface area contributed by atoms with Gasteiger partial charge in [0, 0.05) is 18.0 Å². The molecule has 3 N–H and O–H groups in total. The van der Waals surface area contributed by atoms with E-state index in [9.17, 15) is 9.90 Å². The normalized spacial score (nSPS) is 13.2. The number of aromatic nitrogens is 3. The zero-order valence-corrected chi connectivity index (χ0v) is 18.3. The van der Waals surface area contributed by atoms with E-state index in [0.29, 0.717) is 27.7 Å². The molecule has 0 spiro atoms. The third-order valence-electron chi connectivity index (χ3n) is 5.63. The van der Waals surface area contributed by atoms with Crippen molar-refractivity contribution in [2.75, 3.05) is 0 Å². The maximum Gasteiger partial charge on any atom is 0.266 e. The average molecular weight is 459 g/mol. The summed E-state index contributed by atoms with van der Waals surface area (Å²) >= 11 is 6.73. The highest BCUT2D eigenvalue weighted by molar-refractivity contribution is 6.38. The van der Waals surface area contributed by atoms with E-state index >= 15 is 0 Å². The molecule has 3 aromatic carbocycles. The number of nitrogens with zero attached hydrogens (tertiary/aromatic N) is 3. The van der Waals surface area contributed by atoms with Crippen molar-refractivity contribution in [2.45, 2.75) is 12.5 Å². The topological polar surface area (TPSA) is 107 Å². The molecule has 1 atom stereocenters. The van der Waals surface area contributed by atoms with Crippen molar-refractivity contribution in [1.29, 1.82) is 0 Å². The van der Waals surface area contributed by atoms with Crippen molar-refractivity contribution >= 4 is 28.4 Å². The zero-order valence-electron chi connectivity index (χ0n) is 17.6. The number of halogens is 1. The molecule has 5 aromatic rings. The molecule has 164 valence electrons. The maximum absolute atomic E-state index is 12.3. The maximum atomic E-state index is 12.3. The van der Waals surface area contributed by atoms with Gasteiger partial charge in [0.05, 0.1) is 10.5 Å². The molecule has 33 heavy (non-hydrogen) atoms. The summed E-state index contributed by atoms with van der Waals surface area (Å²) in [5, 5.41) is 20.7. The third kappa shape index (κ3) is 3.29. The van der Waals surface area contributed by atoms with Gasteiger partial charge < -0.3 is 19.8 Å². The van der Waals surface area contributed by atoms with Crippen molar-refractivity contribution in [3.63, 3.8) is 0 Å². The Hall–Kier alpha value is -3.94. The van der Waals surface area contributed by atoms with E-state index in [2.05, 4.69) is 10.2 Å². The van der Waals surface area contributed by atoms with Gasteiger partial charge in [-0.15, -0.1) is 10.2 Å². The van der Waals surface area contributed by atoms with Crippen LogP contribution in [0, 0.1) is 6.92 Å². The summed E-state index contributed by atoms with van der Waals surface area (Å²) in [4.78, 5) is 12.3. The number of amides is 1. The molecule has 0 saturated carbocycles. The number of benzene rings is 3. The first kappa shape index (κ1) is 20.9. The Bertz CT molecular complexity index is 1480. The molecule has 5 rings (SSSR count). The molecule has 0 fully saturated rings. The molecule has 0 aliphatic heterocycles. The minimum absolute atomic E-state index is 0.288. The molecule has 0 radical (unpaired) electrons. The van der Waals surface area contributed by atoms with Gasteiger partial charge in [-0.2, -0.15) is 0 Å². The SMILES string of the molecule is Cc1nnc(-c2c(Cl)c3ccccc3n2-c2ccc(C(O)(C(N)=O)c3ccccc3)cc2)o1. The smallest absolute Gasteiger partial charge is 0.266 e. The Morgan fingerprint density at radius 2 is 1.61 bits per heavy atom. The largest absolute Gasteiger partial charge is 0.420 e. The van der Waals surface area contributed by atoms with E-state index in [4.69, 9.17) is 21.8 Å². The van der Waals surface area contributed by atoms with Crippen LogP contribution in [0.4, 0.5) is 0 Å². The Labute approximate surface area is 194 Å². The molecule has 2 aromatic heterocycles. The van der Waals surface area contributed by atoms with Crippen LogP contribution in [0.1, 0.15) is 17.0 Å². The fraction of sp³-hybridized carbons (Fsp3) is 0.0800.